The van der Waals surface area contributed by atoms with Gasteiger partial charge in [-0.25, -0.2) is 0 Å². The molecule has 4 N–H and O–H groups in total. The fourth-order valence-corrected chi connectivity index (χ4v) is 3.98. The van der Waals surface area contributed by atoms with Gasteiger partial charge in [0.2, 0.25) is 0 Å². The second-order valence-corrected chi connectivity index (χ2v) is 9.27. The normalized spacial score (nSPS) is 12.4. The molecule has 0 amide bonds. The maximum absolute atomic E-state index is 12.5. The van der Waals surface area contributed by atoms with Crippen LogP contribution in [0.25, 0.3) is 10.8 Å². The van der Waals surface area contributed by atoms with Crippen LogP contribution in [-0.2, 0) is 20.2 Å². The van der Waals surface area contributed by atoms with E-state index in [1.807, 2.05) is 0 Å². The van der Waals surface area contributed by atoms with E-state index in [1.54, 1.807) is 0 Å². The van der Waals surface area contributed by atoms with E-state index in [9.17, 15) is 36.2 Å². The van der Waals surface area contributed by atoms with E-state index in [2.05, 4.69) is 15.2 Å². The summed E-state index contributed by atoms with van der Waals surface area (Å²) in [6.07, 6.45) is 0. The zero-order valence-electron chi connectivity index (χ0n) is 18.1. The first-order valence-corrected chi connectivity index (χ1v) is 11.4. The number of azo groups is 1. The molecule has 0 aromatic heterocycles. The fourth-order valence-electron chi connectivity index (χ4n) is 2.80. The summed E-state index contributed by atoms with van der Waals surface area (Å²) in [5.74, 6) is -1.43. The molecule has 3 aromatic carbocycles. The maximum atomic E-state index is 12.5. The topological polar surface area (TPSA) is 218 Å². The van der Waals surface area contributed by atoms with Crippen molar-refractivity contribution in [1.29, 1.82) is 0 Å². The summed E-state index contributed by atoms with van der Waals surface area (Å²) in [6, 6.07) is 7.65. The van der Waals surface area contributed by atoms with Crippen LogP contribution in [-0.4, -0.2) is 31.8 Å². The van der Waals surface area contributed by atoms with Crippen LogP contribution >= 0.6 is 0 Å². The molecule has 34 heavy (non-hydrogen) atoms. The number of hydrogen-bond donors (Lipinski definition) is 3. The molecule has 0 radical (unpaired) electrons. The van der Waals surface area contributed by atoms with Crippen LogP contribution in [0.3, 0.4) is 0 Å². The monoisotopic (exact) mass is 524 g/mol. The van der Waals surface area contributed by atoms with E-state index in [4.69, 9.17) is 5.73 Å². The van der Waals surface area contributed by atoms with Crippen molar-refractivity contribution < 1.29 is 95.3 Å². The van der Waals surface area contributed by atoms with Crippen LogP contribution in [0.2, 0.25) is 0 Å². The Balaban J connectivity index is 0.00000289. The standard InChI is InChI=1S/C18H16N4O8S2.2Na/c1-9(23)20-11-3-5-14(16(7-11)32(28,29)30)21-22-18-13(19)4-2-10-6-12(31(25,26)27)8-15(24)17(10)18;;/h2-8,24H,19H2,1H3,(H,20,23)(H,25,26,27)(H,28,29,30);;/q;2*+1/p-2. The van der Waals surface area contributed by atoms with Crippen molar-refractivity contribution in [3.05, 3.63) is 42.5 Å². The molecule has 0 saturated carbocycles. The van der Waals surface area contributed by atoms with Crippen molar-refractivity contribution in [1.82, 2.24) is 0 Å². The molecule has 0 aliphatic rings. The van der Waals surface area contributed by atoms with Crippen molar-refractivity contribution in [2.45, 2.75) is 16.7 Å². The van der Waals surface area contributed by atoms with Crippen molar-refractivity contribution in [3.8, 4) is 5.75 Å². The molecule has 0 heterocycles. The summed E-state index contributed by atoms with van der Waals surface area (Å²) in [5, 5.41) is 31.2. The molecule has 0 fully saturated rings. The first-order chi connectivity index (χ1) is 14.8. The number of anilines is 1. The number of nitrogens with zero attached hydrogens (tertiary/aromatic N) is 3. The van der Waals surface area contributed by atoms with Crippen LogP contribution in [0, 0.1) is 0 Å². The van der Waals surface area contributed by atoms with Crippen molar-refractivity contribution in [2.24, 2.45) is 15.2 Å². The molecule has 0 spiro atoms. The average molecular weight is 524 g/mol. The zero-order valence-corrected chi connectivity index (χ0v) is 23.8. The van der Waals surface area contributed by atoms with E-state index in [0.717, 1.165) is 25.1 Å². The van der Waals surface area contributed by atoms with E-state index < -0.39 is 41.7 Å². The molecule has 16 heteroatoms. The molecular formula is C18H14N4Na2O8S2. The summed E-state index contributed by atoms with van der Waals surface area (Å²) in [5.41, 5.74) is 5.26. The number of nitrogens with two attached hydrogens (primary N) is 1. The van der Waals surface area contributed by atoms with Gasteiger partial charge in [0.1, 0.15) is 16.3 Å². The fraction of sp³-hybridized carbons (Fsp3) is 0.0556. The molecule has 3 rings (SSSR count). The molecule has 0 aliphatic carbocycles. The summed E-state index contributed by atoms with van der Waals surface area (Å²) in [4.78, 5) is 2.25. The molecule has 12 nitrogen and oxygen atoms in total. The van der Waals surface area contributed by atoms with Gasteiger partial charge in [-0.15, -0.1) is 10.2 Å². The Kier molecular flexibility index (Phi) is 10.2. The third-order valence-corrected chi connectivity index (χ3v) is 5.84. The zero-order chi connectivity index (χ0) is 23.8. The molecule has 0 unspecified atom stereocenters. The molecule has 168 valence electrons. The SMILES string of the molecule is CC([O-])=Nc1ccc(N=Nc2c(N)ccc3cc(S(=O)(=O)O)cc([O-])c23)c(S(=O)(=O)O)c1.[Na+].[Na+]. The Morgan fingerprint density at radius 1 is 0.941 bits per heavy atom. The Bertz CT molecular complexity index is 1520. The minimum absolute atomic E-state index is 0. The summed E-state index contributed by atoms with van der Waals surface area (Å²) < 4.78 is 64.9. The van der Waals surface area contributed by atoms with E-state index in [-0.39, 0.29) is 92.6 Å². The third kappa shape index (κ3) is 6.97. The quantitative estimate of drug-likeness (QED) is 0.0735. The Hall–Kier alpha value is -1.59. The summed E-state index contributed by atoms with van der Waals surface area (Å²) >= 11 is 0. The van der Waals surface area contributed by atoms with Gasteiger partial charge in [0, 0.05) is 5.39 Å². The first kappa shape index (κ1) is 30.4. The Morgan fingerprint density at radius 2 is 1.59 bits per heavy atom. The predicted octanol–water partition coefficient (Wildman–Crippen LogP) is -4.18. The second-order valence-electron chi connectivity index (χ2n) is 6.46. The van der Waals surface area contributed by atoms with Crippen LogP contribution in [0.4, 0.5) is 22.7 Å². The van der Waals surface area contributed by atoms with Gasteiger partial charge in [0.25, 0.3) is 20.2 Å². The number of fused-ring (bicyclic) bond motifs is 1. The van der Waals surface area contributed by atoms with E-state index in [1.165, 1.54) is 18.2 Å². The van der Waals surface area contributed by atoms with Gasteiger partial charge in [0.15, 0.2) is 0 Å². The predicted molar refractivity (Wildman–Crippen MR) is 111 cm³/mol. The molecule has 3 aromatic rings. The van der Waals surface area contributed by atoms with Gasteiger partial charge < -0.3 is 15.9 Å². The minimum atomic E-state index is -4.79. The molecular weight excluding hydrogens is 510 g/mol. The number of hydrogen-bond acceptors (Lipinski definition) is 10. The third-order valence-electron chi connectivity index (χ3n) is 4.12. The number of rotatable bonds is 5. The number of nitrogen functional groups attached to an aromatic ring is 1. The average Bonchev–Trinajstić information content (AvgIpc) is 2.66. The van der Waals surface area contributed by atoms with Crippen molar-refractivity contribution >= 4 is 59.7 Å². The van der Waals surface area contributed by atoms with Crippen LogP contribution < -0.4 is 75.1 Å². The molecule has 0 bridgehead atoms. The molecule has 0 aliphatic heterocycles. The van der Waals surface area contributed by atoms with Gasteiger partial charge in [0.05, 0.1) is 16.3 Å². The van der Waals surface area contributed by atoms with Crippen molar-refractivity contribution in [2.75, 3.05) is 5.73 Å². The van der Waals surface area contributed by atoms with E-state index in [0.29, 0.717) is 6.07 Å². The maximum Gasteiger partial charge on any atom is 1.00 e. The molecule has 0 saturated heterocycles. The first-order valence-electron chi connectivity index (χ1n) is 8.53. The van der Waals surface area contributed by atoms with Gasteiger partial charge in [-0.3, -0.25) is 14.1 Å². The Morgan fingerprint density at radius 3 is 2.15 bits per heavy atom. The van der Waals surface area contributed by atoms with Gasteiger partial charge in [-0.05, 0) is 54.6 Å². The van der Waals surface area contributed by atoms with Gasteiger partial charge in [-0.1, -0.05) is 11.8 Å². The van der Waals surface area contributed by atoms with E-state index >= 15 is 0 Å². The van der Waals surface area contributed by atoms with Crippen LogP contribution in [0.15, 0.2) is 67.5 Å². The number of aliphatic imine (C=N–C) groups is 1. The minimum Gasteiger partial charge on any atom is -0.872 e. The van der Waals surface area contributed by atoms with Gasteiger partial charge >= 0.3 is 59.1 Å². The van der Waals surface area contributed by atoms with Crippen LogP contribution in [0.1, 0.15) is 6.92 Å². The largest absolute Gasteiger partial charge is 1.00 e. The number of benzene rings is 3. The second kappa shape index (κ2) is 11.4. The van der Waals surface area contributed by atoms with Crippen molar-refractivity contribution in [3.63, 3.8) is 0 Å². The summed E-state index contributed by atoms with van der Waals surface area (Å²) in [7, 11) is -9.43. The van der Waals surface area contributed by atoms with Gasteiger partial charge in [-0.2, -0.15) is 16.8 Å². The van der Waals surface area contributed by atoms with Crippen LogP contribution in [0.5, 0.6) is 5.75 Å². The smallest absolute Gasteiger partial charge is 0.872 e. The molecule has 0 atom stereocenters. The Labute approximate surface area is 238 Å². The summed E-state index contributed by atoms with van der Waals surface area (Å²) in [6.45, 7) is 1.15.